The molecule has 3 nitrogen and oxygen atoms in total. The molecule has 3 aliphatic rings. The highest BCUT2D eigenvalue weighted by Gasteiger charge is 2.63. The lowest BCUT2D eigenvalue weighted by Gasteiger charge is -2.40. The zero-order valence-corrected chi connectivity index (χ0v) is 11.9. The van der Waals surface area contributed by atoms with Crippen molar-refractivity contribution in [3.05, 3.63) is 12.2 Å². The Bertz CT molecular complexity index is 479. The molecule has 0 aromatic heterocycles. The summed E-state index contributed by atoms with van der Waals surface area (Å²) in [5.41, 5.74) is -2.95. The summed E-state index contributed by atoms with van der Waals surface area (Å²) in [4.78, 5) is 11.6. The van der Waals surface area contributed by atoms with Crippen molar-refractivity contribution in [2.75, 3.05) is 0 Å². The summed E-state index contributed by atoms with van der Waals surface area (Å²) in [6, 6.07) is 0. The highest BCUT2D eigenvalue weighted by molar-refractivity contribution is 5.90. The van der Waals surface area contributed by atoms with Crippen LogP contribution in [0, 0.1) is 17.8 Å². The van der Waals surface area contributed by atoms with Crippen LogP contribution in [-0.2, 0) is 9.53 Å². The average molecular weight is 304 g/mol. The Kier molecular flexibility index (Phi) is 3.01. The monoisotopic (exact) mass is 304 g/mol. The van der Waals surface area contributed by atoms with Crippen LogP contribution >= 0.6 is 0 Å². The van der Waals surface area contributed by atoms with Crippen molar-refractivity contribution in [2.24, 2.45) is 17.8 Å². The van der Waals surface area contributed by atoms with E-state index in [-0.39, 0.29) is 24.2 Å². The molecule has 21 heavy (non-hydrogen) atoms. The molecule has 0 radical (unpaired) electrons. The Morgan fingerprint density at radius 2 is 2.10 bits per heavy atom. The lowest BCUT2D eigenvalue weighted by Crippen LogP contribution is -2.47. The number of rotatable bonds is 2. The number of hydrogen-bond acceptors (Lipinski definition) is 3. The minimum absolute atomic E-state index is 0.0977. The summed E-state index contributed by atoms with van der Waals surface area (Å²) in [6.07, 6.45) is -2.39. The van der Waals surface area contributed by atoms with Gasteiger partial charge in [0.2, 0.25) is 0 Å². The van der Waals surface area contributed by atoms with Gasteiger partial charge in [0.25, 0.3) is 0 Å². The summed E-state index contributed by atoms with van der Waals surface area (Å²) < 4.78 is 44.1. The third-order valence-corrected chi connectivity index (χ3v) is 5.47. The molecule has 3 fully saturated rings. The quantitative estimate of drug-likeness (QED) is 0.630. The van der Waals surface area contributed by atoms with E-state index in [9.17, 15) is 23.1 Å². The van der Waals surface area contributed by atoms with Gasteiger partial charge in [0, 0.05) is 17.9 Å². The van der Waals surface area contributed by atoms with Gasteiger partial charge < -0.3 is 9.84 Å². The Balaban J connectivity index is 1.79. The third kappa shape index (κ3) is 2.18. The SMILES string of the molecule is C=C1CC2(CC3CC(CC(C)(O)C(F)(F)F)C2C3)OC1=O. The first-order valence-corrected chi connectivity index (χ1v) is 7.24. The molecule has 1 aliphatic heterocycles. The molecule has 2 bridgehead atoms. The lowest BCUT2D eigenvalue weighted by molar-refractivity contribution is -0.261. The lowest BCUT2D eigenvalue weighted by atomic mass is 9.71. The maximum atomic E-state index is 12.9. The second kappa shape index (κ2) is 4.24. The number of fused-ring (bicyclic) bond motifs is 3. The molecule has 2 saturated carbocycles. The van der Waals surface area contributed by atoms with Crippen molar-refractivity contribution in [2.45, 2.75) is 56.4 Å². The predicted molar refractivity (Wildman–Crippen MR) is 68.2 cm³/mol. The molecule has 1 N–H and O–H groups in total. The van der Waals surface area contributed by atoms with E-state index in [0.29, 0.717) is 24.8 Å². The van der Waals surface area contributed by atoms with Crippen molar-refractivity contribution < 1.29 is 27.8 Å². The normalized spacial score (nSPS) is 41.7. The Labute approximate surface area is 121 Å². The van der Waals surface area contributed by atoms with Crippen LogP contribution in [0.2, 0.25) is 0 Å². The van der Waals surface area contributed by atoms with Crippen LogP contribution in [0.5, 0.6) is 0 Å². The molecule has 2 aliphatic carbocycles. The van der Waals surface area contributed by atoms with Crippen molar-refractivity contribution in [1.82, 2.24) is 0 Å². The topological polar surface area (TPSA) is 46.5 Å². The van der Waals surface area contributed by atoms with Crippen LogP contribution in [0.3, 0.4) is 0 Å². The summed E-state index contributed by atoms with van der Waals surface area (Å²) in [6.45, 7) is 4.50. The summed E-state index contributed by atoms with van der Waals surface area (Å²) in [5.74, 6) is -0.509. The first kappa shape index (κ1) is 14.9. The van der Waals surface area contributed by atoms with Gasteiger partial charge in [-0.2, -0.15) is 13.2 Å². The molecule has 5 unspecified atom stereocenters. The first-order chi connectivity index (χ1) is 9.54. The molecule has 0 aromatic carbocycles. The van der Waals surface area contributed by atoms with Crippen molar-refractivity contribution >= 4 is 5.97 Å². The van der Waals surface area contributed by atoms with E-state index in [2.05, 4.69) is 6.58 Å². The number of halogens is 3. The largest absolute Gasteiger partial charge is 0.455 e. The molecule has 1 saturated heterocycles. The van der Waals surface area contributed by atoms with Crippen LogP contribution in [0.25, 0.3) is 0 Å². The molecule has 6 heteroatoms. The highest BCUT2D eigenvalue weighted by Crippen LogP contribution is 2.61. The molecule has 118 valence electrons. The number of alkyl halides is 3. The number of aliphatic hydroxyl groups is 1. The molecular weight excluding hydrogens is 285 g/mol. The van der Waals surface area contributed by atoms with E-state index < -0.39 is 23.3 Å². The Hall–Kier alpha value is -1.04. The van der Waals surface area contributed by atoms with Gasteiger partial charge in [-0.3, -0.25) is 0 Å². The molecule has 0 amide bonds. The van der Waals surface area contributed by atoms with Gasteiger partial charge in [0.15, 0.2) is 5.60 Å². The minimum Gasteiger partial charge on any atom is -0.455 e. The second-order valence-electron chi connectivity index (χ2n) is 7.12. The molecule has 0 aromatic rings. The number of carbonyl (C=O) groups is 1. The van der Waals surface area contributed by atoms with E-state index in [1.807, 2.05) is 0 Å². The zero-order chi connectivity index (χ0) is 15.6. The molecule has 1 spiro atoms. The van der Waals surface area contributed by atoms with Crippen LogP contribution in [0.15, 0.2) is 12.2 Å². The molecule has 3 rings (SSSR count). The third-order valence-electron chi connectivity index (χ3n) is 5.47. The molecular formula is C15H19F3O3. The highest BCUT2D eigenvalue weighted by atomic mass is 19.4. The maximum absolute atomic E-state index is 12.9. The van der Waals surface area contributed by atoms with E-state index in [1.165, 1.54) is 0 Å². The van der Waals surface area contributed by atoms with Gasteiger partial charge in [0.05, 0.1) is 0 Å². The summed E-state index contributed by atoms with van der Waals surface area (Å²) in [7, 11) is 0. The van der Waals surface area contributed by atoms with Crippen LogP contribution < -0.4 is 0 Å². The van der Waals surface area contributed by atoms with Crippen LogP contribution in [0.4, 0.5) is 13.2 Å². The van der Waals surface area contributed by atoms with E-state index in [1.54, 1.807) is 0 Å². The summed E-state index contributed by atoms with van der Waals surface area (Å²) >= 11 is 0. The van der Waals surface area contributed by atoms with E-state index >= 15 is 0 Å². The standard InChI is InChI=1S/C15H19F3O3/c1-8-5-14(21-12(8)19)6-9-3-10(11(14)4-9)7-13(2,20)15(16,17)18/h9-11,20H,1,3-7H2,2H3. The van der Waals surface area contributed by atoms with Gasteiger partial charge in [0.1, 0.15) is 5.60 Å². The fraction of sp³-hybridized carbons (Fsp3) is 0.800. The van der Waals surface area contributed by atoms with Gasteiger partial charge in [-0.15, -0.1) is 0 Å². The first-order valence-electron chi connectivity index (χ1n) is 7.24. The smallest absolute Gasteiger partial charge is 0.416 e. The Morgan fingerprint density at radius 1 is 1.43 bits per heavy atom. The van der Waals surface area contributed by atoms with E-state index in [0.717, 1.165) is 13.3 Å². The molecule has 5 atom stereocenters. The predicted octanol–water partition coefficient (Wildman–Crippen LogP) is 2.98. The number of carbonyl (C=O) groups excluding carboxylic acids is 1. The number of ether oxygens (including phenoxy) is 1. The fourth-order valence-electron chi connectivity index (χ4n) is 4.59. The second-order valence-corrected chi connectivity index (χ2v) is 7.12. The zero-order valence-electron chi connectivity index (χ0n) is 11.9. The van der Waals surface area contributed by atoms with Gasteiger partial charge in [-0.25, -0.2) is 4.79 Å². The van der Waals surface area contributed by atoms with Crippen LogP contribution in [-0.4, -0.2) is 28.5 Å². The fourth-order valence-corrected chi connectivity index (χ4v) is 4.59. The van der Waals surface area contributed by atoms with Gasteiger partial charge >= 0.3 is 12.1 Å². The van der Waals surface area contributed by atoms with Crippen LogP contribution in [0.1, 0.15) is 39.0 Å². The van der Waals surface area contributed by atoms with Gasteiger partial charge in [-0.1, -0.05) is 6.58 Å². The van der Waals surface area contributed by atoms with Crippen molar-refractivity contribution in [1.29, 1.82) is 0 Å². The average Bonchev–Trinajstić information content (AvgIpc) is 2.90. The van der Waals surface area contributed by atoms with Gasteiger partial charge in [-0.05, 0) is 44.4 Å². The maximum Gasteiger partial charge on any atom is 0.416 e. The molecule has 1 heterocycles. The number of esters is 1. The minimum atomic E-state index is -4.64. The van der Waals surface area contributed by atoms with Crippen molar-refractivity contribution in [3.8, 4) is 0 Å². The number of hydrogen-bond donors (Lipinski definition) is 1. The van der Waals surface area contributed by atoms with Crippen molar-refractivity contribution in [3.63, 3.8) is 0 Å². The Morgan fingerprint density at radius 3 is 2.57 bits per heavy atom. The van der Waals surface area contributed by atoms with E-state index in [4.69, 9.17) is 4.74 Å². The summed E-state index contributed by atoms with van der Waals surface area (Å²) in [5, 5.41) is 9.72.